The van der Waals surface area contributed by atoms with Gasteiger partial charge in [0.2, 0.25) is 5.95 Å². The Kier molecular flexibility index (Phi) is 5.46. The normalized spacial score (nSPS) is 15.4. The summed E-state index contributed by atoms with van der Waals surface area (Å²) in [6.07, 6.45) is 0. The zero-order chi connectivity index (χ0) is 21.3. The van der Waals surface area contributed by atoms with E-state index < -0.39 is 12.0 Å². The van der Waals surface area contributed by atoms with Crippen molar-refractivity contribution in [3.8, 4) is 17.1 Å². The third-order valence-electron chi connectivity index (χ3n) is 4.86. The summed E-state index contributed by atoms with van der Waals surface area (Å²) in [5, 5.41) is 8.53. The van der Waals surface area contributed by atoms with Crippen molar-refractivity contribution in [3.63, 3.8) is 0 Å². The number of carbonyl (C=O) groups is 1. The van der Waals surface area contributed by atoms with Gasteiger partial charge >= 0.3 is 5.97 Å². The highest BCUT2D eigenvalue weighted by Gasteiger charge is 2.35. The summed E-state index contributed by atoms with van der Waals surface area (Å²) in [4.78, 5) is 17.5. The van der Waals surface area contributed by atoms with Gasteiger partial charge in [0.1, 0.15) is 11.8 Å². The lowest BCUT2D eigenvalue weighted by Crippen LogP contribution is -2.29. The quantitative estimate of drug-likeness (QED) is 0.609. The van der Waals surface area contributed by atoms with Crippen LogP contribution in [0.15, 0.2) is 59.8 Å². The van der Waals surface area contributed by atoms with Crippen LogP contribution in [0.4, 0.5) is 5.95 Å². The minimum absolute atomic E-state index is 0.278. The molecule has 1 N–H and O–H groups in total. The van der Waals surface area contributed by atoms with Crippen LogP contribution < -0.4 is 10.1 Å². The van der Waals surface area contributed by atoms with Crippen LogP contribution in [0.25, 0.3) is 11.4 Å². The number of nitrogens with one attached hydrogen (secondary N) is 1. The summed E-state index contributed by atoms with van der Waals surface area (Å²) < 4.78 is 12.4. The monoisotopic (exact) mass is 424 g/mol. The minimum atomic E-state index is -0.510. The average Bonchev–Trinajstić information content (AvgIpc) is 3.16. The number of anilines is 1. The molecule has 30 heavy (non-hydrogen) atoms. The molecular formula is C22H21ClN4O3. The first-order valence-electron chi connectivity index (χ1n) is 9.53. The number of aromatic nitrogens is 3. The highest BCUT2D eigenvalue weighted by atomic mass is 35.5. The molecule has 0 radical (unpaired) electrons. The largest absolute Gasteiger partial charge is 0.497 e. The van der Waals surface area contributed by atoms with E-state index in [-0.39, 0.29) is 6.61 Å². The molecule has 1 aliphatic heterocycles. The Balaban J connectivity index is 1.86. The summed E-state index contributed by atoms with van der Waals surface area (Å²) in [7, 11) is 1.61. The highest BCUT2D eigenvalue weighted by Crippen LogP contribution is 2.37. The second-order valence-electron chi connectivity index (χ2n) is 6.77. The van der Waals surface area contributed by atoms with E-state index in [0.29, 0.717) is 33.8 Å². The zero-order valence-corrected chi connectivity index (χ0v) is 17.6. The van der Waals surface area contributed by atoms with Crippen molar-refractivity contribution < 1.29 is 14.3 Å². The van der Waals surface area contributed by atoms with Crippen molar-refractivity contribution >= 4 is 23.5 Å². The van der Waals surface area contributed by atoms with Gasteiger partial charge in [-0.3, -0.25) is 0 Å². The number of halogens is 1. The smallest absolute Gasteiger partial charge is 0.338 e. The summed E-state index contributed by atoms with van der Waals surface area (Å²) >= 11 is 6.01. The van der Waals surface area contributed by atoms with Crippen LogP contribution in [0, 0.1) is 0 Å². The molecule has 2 aromatic carbocycles. The van der Waals surface area contributed by atoms with Crippen molar-refractivity contribution in [3.05, 3.63) is 70.4 Å². The summed E-state index contributed by atoms with van der Waals surface area (Å²) in [6, 6.07) is 14.3. The number of hydrogen-bond donors (Lipinski definition) is 1. The van der Waals surface area contributed by atoms with E-state index >= 15 is 0 Å². The number of allylic oxidation sites excluding steroid dienone is 1. The van der Waals surface area contributed by atoms with Crippen LogP contribution in [0.1, 0.15) is 25.5 Å². The molecule has 3 aromatic rings. The van der Waals surface area contributed by atoms with Gasteiger partial charge in [-0.05, 0) is 55.8 Å². The summed E-state index contributed by atoms with van der Waals surface area (Å²) in [6.45, 7) is 3.89. The van der Waals surface area contributed by atoms with E-state index in [2.05, 4.69) is 10.3 Å². The van der Waals surface area contributed by atoms with Crippen LogP contribution in [-0.4, -0.2) is 34.5 Å². The number of rotatable bonds is 5. The molecule has 0 amide bonds. The van der Waals surface area contributed by atoms with Gasteiger partial charge in [0.05, 0.1) is 19.3 Å². The van der Waals surface area contributed by atoms with Crippen molar-refractivity contribution in [2.75, 3.05) is 19.0 Å². The molecule has 2 heterocycles. The lowest BCUT2D eigenvalue weighted by molar-refractivity contribution is -0.139. The fourth-order valence-electron chi connectivity index (χ4n) is 3.47. The molecule has 1 atom stereocenters. The van der Waals surface area contributed by atoms with Crippen molar-refractivity contribution in [2.24, 2.45) is 0 Å². The molecule has 7 nitrogen and oxygen atoms in total. The molecule has 0 fully saturated rings. The SMILES string of the molecule is CCOC(=O)C1=C(C)Nc2nc(-c3ccc(Cl)cc3)nn2C1c1cccc(OC)c1. The van der Waals surface area contributed by atoms with Gasteiger partial charge in [-0.1, -0.05) is 23.7 Å². The van der Waals surface area contributed by atoms with Crippen LogP contribution in [-0.2, 0) is 9.53 Å². The third-order valence-corrected chi connectivity index (χ3v) is 5.11. The van der Waals surface area contributed by atoms with Crippen molar-refractivity contribution in [1.29, 1.82) is 0 Å². The highest BCUT2D eigenvalue weighted by molar-refractivity contribution is 6.30. The summed E-state index contributed by atoms with van der Waals surface area (Å²) in [5.74, 6) is 1.36. The topological polar surface area (TPSA) is 78.3 Å². The summed E-state index contributed by atoms with van der Waals surface area (Å²) in [5.41, 5.74) is 2.81. The Labute approximate surface area is 179 Å². The Morgan fingerprint density at radius 1 is 1.23 bits per heavy atom. The molecule has 4 rings (SSSR count). The van der Waals surface area contributed by atoms with Crippen LogP contribution >= 0.6 is 11.6 Å². The lowest BCUT2D eigenvalue weighted by Gasteiger charge is -2.28. The first-order valence-corrected chi connectivity index (χ1v) is 9.91. The Hall–Kier alpha value is -3.32. The molecule has 1 aromatic heterocycles. The fraction of sp³-hybridized carbons (Fsp3) is 0.227. The molecule has 1 unspecified atom stereocenters. The van der Waals surface area contributed by atoms with Gasteiger partial charge in [0.15, 0.2) is 5.82 Å². The maximum absolute atomic E-state index is 12.8. The Bertz CT molecular complexity index is 1120. The van der Waals surface area contributed by atoms with Gasteiger partial charge in [0.25, 0.3) is 0 Å². The molecule has 8 heteroatoms. The van der Waals surface area contributed by atoms with Gasteiger partial charge in [-0.15, -0.1) is 5.10 Å². The maximum Gasteiger partial charge on any atom is 0.338 e. The second kappa shape index (κ2) is 8.20. The van der Waals surface area contributed by atoms with Gasteiger partial charge < -0.3 is 14.8 Å². The molecular weight excluding hydrogens is 404 g/mol. The lowest BCUT2D eigenvalue weighted by atomic mass is 9.95. The van der Waals surface area contributed by atoms with E-state index in [0.717, 1.165) is 11.1 Å². The Morgan fingerprint density at radius 2 is 2.00 bits per heavy atom. The van der Waals surface area contributed by atoms with Crippen molar-refractivity contribution in [2.45, 2.75) is 19.9 Å². The maximum atomic E-state index is 12.8. The number of esters is 1. The van der Waals surface area contributed by atoms with Gasteiger partial charge in [-0.25, -0.2) is 9.48 Å². The average molecular weight is 425 g/mol. The van der Waals surface area contributed by atoms with Crippen molar-refractivity contribution in [1.82, 2.24) is 14.8 Å². The van der Waals surface area contributed by atoms with Gasteiger partial charge in [0, 0.05) is 16.3 Å². The van der Waals surface area contributed by atoms with E-state index in [1.165, 1.54) is 0 Å². The second-order valence-corrected chi connectivity index (χ2v) is 7.21. The number of fused-ring (bicyclic) bond motifs is 1. The van der Waals surface area contributed by atoms with Crippen LogP contribution in [0.2, 0.25) is 5.02 Å². The Morgan fingerprint density at radius 3 is 2.70 bits per heavy atom. The fourth-order valence-corrected chi connectivity index (χ4v) is 3.59. The molecule has 0 saturated heterocycles. The van der Waals surface area contributed by atoms with E-state index in [9.17, 15) is 4.79 Å². The standard InChI is InChI=1S/C22H21ClN4O3/c1-4-30-21(28)18-13(2)24-22-25-20(14-8-10-16(23)11-9-14)26-27(22)19(18)15-6-5-7-17(12-15)29-3/h5-12,19H,4H2,1-3H3,(H,24,25,26). The van der Waals surface area contributed by atoms with E-state index in [4.69, 9.17) is 26.2 Å². The number of ether oxygens (including phenoxy) is 2. The van der Waals surface area contributed by atoms with Crippen LogP contribution in [0.5, 0.6) is 5.75 Å². The zero-order valence-electron chi connectivity index (χ0n) is 16.8. The number of nitrogens with zero attached hydrogens (tertiary/aromatic N) is 3. The van der Waals surface area contributed by atoms with E-state index in [1.807, 2.05) is 43.3 Å². The molecule has 0 aliphatic carbocycles. The van der Waals surface area contributed by atoms with Gasteiger partial charge in [-0.2, -0.15) is 4.98 Å². The molecule has 0 spiro atoms. The number of hydrogen-bond acceptors (Lipinski definition) is 6. The molecule has 1 aliphatic rings. The minimum Gasteiger partial charge on any atom is -0.497 e. The first-order chi connectivity index (χ1) is 14.5. The molecule has 154 valence electrons. The van der Waals surface area contributed by atoms with Crippen LogP contribution in [0.3, 0.4) is 0 Å². The number of carbonyl (C=O) groups excluding carboxylic acids is 1. The molecule has 0 saturated carbocycles. The predicted octanol–water partition coefficient (Wildman–Crippen LogP) is 4.46. The predicted molar refractivity (Wildman–Crippen MR) is 115 cm³/mol. The number of methoxy groups -OCH3 is 1. The van der Waals surface area contributed by atoms with E-state index in [1.54, 1.807) is 30.8 Å². The first kappa shape index (κ1) is 20.0. The number of benzene rings is 2. The third kappa shape index (κ3) is 3.64. The molecule has 0 bridgehead atoms.